The molecule has 1 aliphatic carbocycles. The van der Waals surface area contributed by atoms with E-state index in [1.165, 1.54) is 12.8 Å². The molecule has 1 spiro atoms. The van der Waals surface area contributed by atoms with Gasteiger partial charge in [0.1, 0.15) is 5.84 Å². The van der Waals surface area contributed by atoms with Crippen LogP contribution >= 0.6 is 11.6 Å². The summed E-state index contributed by atoms with van der Waals surface area (Å²) in [6.45, 7) is 2.88. The number of hydrogen-bond donors (Lipinski definition) is 2. The van der Waals surface area contributed by atoms with Crippen LogP contribution in [0, 0.1) is 12.3 Å². The monoisotopic (exact) mass is 320 g/mol. The number of amidine groups is 1. The normalized spacial score (nSPS) is 23.1. The van der Waals surface area contributed by atoms with Gasteiger partial charge in [0, 0.05) is 23.8 Å². The first-order valence-corrected chi connectivity index (χ1v) is 8.30. The van der Waals surface area contributed by atoms with Crippen LogP contribution in [0.5, 0.6) is 0 Å². The molecule has 0 radical (unpaired) electrons. The first-order chi connectivity index (χ1) is 10.3. The van der Waals surface area contributed by atoms with Gasteiger partial charge in [0.2, 0.25) is 0 Å². The SMILES string of the molecule is Cc1cc(N)c(C(=N)N2CCC(N(C)C)CC23CC3)c(Cl)c1. The molecular formula is C17H25ClN4. The first-order valence-electron chi connectivity index (χ1n) is 7.93. The van der Waals surface area contributed by atoms with E-state index in [0.717, 1.165) is 24.9 Å². The van der Waals surface area contributed by atoms with Gasteiger partial charge in [-0.1, -0.05) is 11.6 Å². The highest BCUT2D eigenvalue weighted by atomic mass is 35.5. The highest BCUT2D eigenvalue weighted by Gasteiger charge is 2.53. The standard InChI is InChI=1S/C17H25ClN4/c1-11-8-13(18)15(14(19)9-11)16(20)22-7-4-12(21(2)3)10-17(22)5-6-17/h8-9,12,20H,4-7,10,19H2,1-3H3. The van der Waals surface area contributed by atoms with Crippen LogP contribution in [0.3, 0.4) is 0 Å². The summed E-state index contributed by atoms with van der Waals surface area (Å²) in [5, 5.41) is 9.28. The summed E-state index contributed by atoms with van der Waals surface area (Å²) < 4.78 is 0. The number of anilines is 1. The highest BCUT2D eigenvalue weighted by molar-refractivity contribution is 6.34. The van der Waals surface area contributed by atoms with E-state index in [1.807, 2.05) is 19.1 Å². The van der Waals surface area contributed by atoms with Crippen molar-refractivity contribution in [2.24, 2.45) is 0 Å². The quantitative estimate of drug-likeness (QED) is 0.500. The van der Waals surface area contributed by atoms with Crippen molar-refractivity contribution in [3.05, 3.63) is 28.3 Å². The number of benzene rings is 1. The number of piperidine rings is 1. The average Bonchev–Trinajstić information content (AvgIpc) is 3.16. The molecule has 1 aliphatic heterocycles. The Kier molecular flexibility index (Phi) is 3.86. The Balaban J connectivity index is 1.88. The minimum Gasteiger partial charge on any atom is -0.398 e. The predicted molar refractivity (Wildman–Crippen MR) is 92.8 cm³/mol. The van der Waals surface area contributed by atoms with Gasteiger partial charge in [0.05, 0.1) is 10.6 Å². The Labute approximate surface area is 137 Å². The van der Waals surface area contributed by atoms with Crippen molar-refractivity contribution >= 4 is 23.1 Å². The highest BCUT2D eigenvalue weighted by Crippen LogP contribution is 2.50. The summed E-state index contributed by atoms with van der Waals surface area (Å²) in [6, 6.07) is 4.41. The zero-order valence-electron chi connectivity index (χ0n) is 13.6. The van der Waals surface area contributed by atoms with Crippen LogP contribution in [0.15, 0.2) is 12.1 Å². The van der Waals surface area contributed by atoms with Crippen LogP contribution in [0.2, 0.25) is 5.02 Å². The molecule has 0 amide bonds. The molecule has 0 aromatic heterocycles. The molecule has 1 atom stereocenters. The van der Waals surface area contributed by atoms with Crippen molar-refractivity contribution in [3.8, 4) is 0 Å². The number of likely N-dealkylation sites (tertiary alicyclic amines) is 1. The maximum Gasteiger partial charge on any atom is 0.132 e. The van der Waals surface area contributed by atoms with E-state index in [0.29, 0.717) is 28.2 Å². The van der Waals surface area contributed by atoms with Crippen molar-refractivity contribution < 1.29 is 0 Å². The Morgan fingerprint density at radius 1 is 1.41 bits per heavy atom. The first kappa shape index (κ1) is 15.6. The van der Waals surface area contributed by atoms with E-state index < -0.39 is 0 Å². The minimum atomic E-state index is 0.158. The molecule has 1 saturated carbocycles. The maximum atomic E-state index is 8.69. The summed E-state index contributed by atoms with van der Waals surface area (Å²) in [4.78, 5) is 4.56. The molecule has 1 aromatic carbocycles. The van der Waals surface area contributed by atoms with E-state index in [2.05, 4.69) is 23.9 Å². The fraction of sp³-hybridized carbons (Fsp3) is 0.588. The van der Waals surface area contributed by atoms with Gasteiger partial charge in [-0.3, -0.25) is 5.41 Å². The summed E-state index contributed by atoms with van der Waals surface area (Å²) in [7, 11) is 4.30. The maximum absolute atomic E-state index is 8.69. The predicted octanol–water partition coefficient (Wildman–Crippen LogP) is 3.11. The molecule has 3 rings (SSSR count). The Morgan fingerprint density at radius 3 is 2.64 bits per heavy atom. The molecular weight excluding hydrogens is 296 g/mol. The van der Waals surface area contributed by atoms with Crippen LogP contribution in [-0.2, 0) is 0 Å². The summed E-state index contributed by atoms with van der Waals surface area (Å²) in [6.07, 6.45) is 4.55. The molecule has 1 aromatic rings. The molecule has 1 heterocycles. The minimum absolute atomic E-state index is 0.158. The van der Waals surface area contributed by atoms with Gasteiger partial charge in [0.25, 0.3) is 0 Å². The fourth-order valence-electron chi connectivity index (χ4n) is 3.73. The van der Waals surface area contributed by atoms with Crippen LogP contribution in [0.25, 0.3) is 0 Å². The molecule has 1 unspecified atom stereocenters. The second-order valence-electron chi connectivity index (χ2n) is 7.05. The smallest absolute Gasteiger partial charge is 0.132 e. The number of rotatable bonds is 2. The van der Waals surface area contributed by atoms with Crippen LogP contribution in [-0.4, -0.2) is 47.9 Å². The third-order valence-electron chi connectivity index (χ3n) is 5.20. The van der Waals surface area contributed by atoms with Gasteiger partial charge in [-0.25, -0.2) is 0 Å². The lowest BCUT2D eigenvalue weighted by Crippen LogP contribution is -2.52. The summed E-state index contributed by atoms with van der Waals surface area (Å²) in [5.74, 6) is 0.497. The van der Waals surface area contributed by atoms with Gasteiger partial charge in [-0.2, -0.15) is 0 Å². The van der Waals surface area contributed by atoms with E-state index in [4.69, 9.17) is 22.7 Å². The number of nitrogen functional groups attached to an aromatic ring is 1. The summed E-state index contributed by atoms with van der Waals surface area (Å²) in [5.41, 5.74) is 8.65. The molecule has 120 valence electrons. The van der Waals surface area contributed by atoms with Gasteiger partial charge >= 0.3 is 0 Å². The molecule has 2 aliphatic rings. The number of nitrogens with zero attached hydrogens (tertiary/aromatic N) is 2. The lowest BCUT2D eigenvalue weighted by Gasteiger charge is -2.44. The number of nitrogens with two attached hydrogens (primary N) is 1. The number of nitrogens with one attached hydrogen (secondary N) is 1. The van der Waals surface area contributed by atoms with E-state index in [-0.39, 0.29) is 5.54 Å². The number of aryl methyl sites for hydroxylation is 1. The zero-order chi connectivity index (χ0) is 16.1. The fourth-order valence-corrected chi connectivity index (χ4v) is 4.10. The Morgan fingerprint density at radius 2 is 2.09 bits per heavy atom. The van der Waals surface area contributed by atoms with Crippen molar-refractivity contribution in [2.45, 2.75) is 44.2 Å². The van der Waals surface area contributed by atoms with E-state index >= 15 is 0 Å². The topological polar surface area (TPSA) is 56.4 Å². The molecule has 22 heavy (non-hydrogen) atoms. The van der Waals surface area contributed by atoms with Crippen molar-refractivity contribution in [1.29, 1.82) is 5.41 Å². The second kappa shape index (κ2) is 5.43. The third-order valence-corrected chi connectivity index (χ3v) is 5.50. The lowest BCUT2D eigenvalue weighted by molar-refractivity contribution is 0.127. The molecule has 4 nitrogen and oxygen atoms in total. The Hall–Kier alpha value is -1.26. The van der Waals surface area contributed by atoms with Gasteiger partial charge in [0.15, 0.2) is 0 Å². The van der Waals surface area contributed by atoms with E-state index in [9.17, 15) is 0 Å². The molecule has 5 heteroatoms. The van der Waals surface area contributed by atoms with Crippen molar-refractivity contribution in [1.82, 2.24) is 9.80 Å². The Bertz CT molecular complexity index is 584. The largest absolute Gasteiger partial charge is 0.398 e. The molecule has 1 saturated heterocycles. The third kappa shape index (κ3) is 2.59. The second-order valence-corrected chi connectivity index (χ2v) is 7.45. The van der Waals surface area contributed by atoms with Crippen molar-refractivity contribution in [3.63, 3.8) is 0 Å². The van der Waals surface area contributed by atoms with Crippen molar-refractivity contribution in [2.75, 3.05) is 26.4 Å². The van der Waals surface area contributed by atoms with Crippen LogP contribution in [0.1, 0.15) is 36.8 Å². The van der Waals surface area contributed by atoms with Gasteiger partial charge in [-0.15, -0.1) is 0 Å². The van der Waals surface area contributed by atoms with E-state index in [1.54, 1.807) is 0 Å². The van der Waals surface area contributed by atoms with Crippen LogP contribution in [0.4, 0.5) is 5.69 Å². The van der Waals surface area contributed by atoms with Gasteiger partial charge < -0.3 is 15.5 Å². The zero-order valence-corrected chi connectivity index (χ0v) is 14.4. The van der Waals surface area contributed by atoms with Crippen LogP contribution < -0.4 is 5.73 Å². The molecule has 0 bridgehead atoms. The number of hydrogen-bond acceptors (Lipinski definition) is 3. The summed E-state index contributed by atoms with van der Waals surface area (Å²) >= 11 is 6.39. The molecule has 3 N–H and O–H groups in total. The van der Waals surface area contributed by atoms with Gasteiger partial charge in [-0.05, 0) is 64.4 Å². The number of halogens is 1. The average molecular weight is 321 g/mol. The lowest BCUT2D eigenvalue weighted by atomic mass is 9.93. The molecule has 2 fully saturated rings.